The Hall–Kier alpha value is -2.70. The number of para-hydroxylation sites is 1. The molecule has 0 fully saturated rings. The van der Waals surface area contributed by atoms with Gasteiger partial charge in [-0.1, -0.05) is 32.0 Å². The van der Waals surface area contributed by atoms with E-state index in [1.54, 1.807) is 18.0 Å². The van der Waals surface area contributed by atoms with Crippen molar-refractivity contribution in [2.24, 2.45) is 11.7 Å². The Morgan fingerprint density at radius 2 is 1.49 bits per heavy atom. The Kier molecular flexibility index (Phi) is 13.7. The van der Waals surface area contributed by atoms with Crippen molar-refractivity contribution in [1.82, 2.24) is 20.9 Å². The fourth-order valence-corrected chi connectivity index (χ4v) is 5.09. The first-order valence-corrected chi connectivity index (χ1v) is 15.8. The van der Waals surface area contributed by atoms with Crippen LogP contribution < -0.4 is 21.7 Å². The molecule has 0 saturated carbocycles. The maximum atomic E-state index is 13.6. The number of hydrogen-bond donors (Lipinski definition) is 6. The molecule has 0 saturated heterocycles. The number of carboxylic acids is 1. The zero-order valence-electron chi connectivity index (χ0n) is 23.0. The van der Waals surface area contributed by atoms with Crippen molar-refractivity contribution in [1.29, 1.82) is 0 Å². The Labute approximate surface area is 238 Å². The van der Waals surface area contributed by atoms with E-state index in [2.05, 4.69) is 20.9 Å². The normalized spacial score (nSPS) is 14.4. The van der Waals surface area contributed by atoms with Gasteiger partial charge in [0.15, 0.2) is 0 Å². The molecule has 39 heavy (non-hydrogen) atoms. The molecule has 1 aromatic carbocycles. The highest BCUT2D eigenvalue weighted by molar-refractivity contribution is 7.98. The molecule has 4 unspecified atom stereocenters. The molecule has 0 spiro atoms. The lowest BCUT2D eigenvalue weighted by molar-refractivity contribution is -0.142. The van der Waals surface area contributed by atoms with Gasteiger partial charge < -0.3 is 31.8 Å². The minimum absolute atomic E-state index is 0.0525. The average molecular weight is 580 g/mol. The summed E-state index contributed by atoms with van der Waals surface area (Å²) in [5, 5.41) is 18.6. The third-order valence-corrected chi connectivity index (χ3v) is 7.55. The van der Waals surface area contributed by atoms with Crippen molar-refractivity contribution in [3.05, 3.63) is 36.0 Å². The molecule has 0 aliphatic heterocycles. The van der Waals surface area contributed by atoms with Gasteiger partial charge in [0.1, 0.15) is 18.1 Å². The summed E-state index contributed by atoms with van der Waals surface area (Å²) in [6, 6.07) is 3.84. The van der Waals surface area contributed by atoms with E-state index < -0.39 is 47.9 Å². The van der Waals surface area contributed by atoms with Crippen LogP contribution in [0.3, 0.4) is 0 Å². The highest BCUT2D eigenvalue weighted by Gasteiger charge is 2.31. The Morgan fingerprint density at radius 1 is 0.897 bits per heavy atom. The molecule has 0 aliphatic carbocycles. The number of carbonyl (C=O) groups excluding carboxylic acids is 3. The summed E-state index contributed by atoms with van der Waals surface area (Å²) in [6.07, 6.45) is 6.80. The van der Waals surface area contributed by atoms with Crippen molar-refractivity contribution < 1.29 is 24.3 Å². The van der Waals surface area contributed by atoms with E-state index in [0.29, 0.717) is 24.3 Å². The zero-order chi connectivity index (χ0) is 28.9. The number of carboxylic acid groups (broad SMARTS) is 1. The van der Waals surface area contributed by atoms with E-state index in [9.17, 15) is 24.3 Å². The summed E-state index contributed by atoms with van der Waals surface area (Å²) in [7, 11) is 0. The van der Waals surface area contributed by atoms with Crippen LogP contribution in [0.1, 0.15) is 38.7 Å². The van der Waals surface area contributed by atoms with Gasteiger partial charge >= 0.3 is 5.97 Å². The lowest BCUT2D eigenvalue weighted by Gasteiger charge is -2.25. The zero-order valence-corrected chi connectivity index (χ0v) is 24.6. The minimum atomic E-state index is -1.13. The predicted molar refractivity (Wildman–Crippen MR) is 159 cm³/mol. The molecule has 0 radical (unpaired) electrons. The molecule has 0 aliphatic rings. The highest BCUT2D eigenvalue weighted by Crippen LogP contribution is 2.19. The lowest BCUT2D eigenvalue weighted by atomic mass is 10.0. The molecule has 12 heteroatoms. The number of thioether (sulfide) groups is 2. The molecular formula is C27H41N5O5S2. The second-order valence-electron chi connectivity index (χ2n) is 9.88. The first-order valence-electron chi connectivity index (χ1n) is 13.0. The molecular weight excluding hydrogens is 538 g/mol. The monoisotopic (exact) mass is 579 g/mol. The summed E-state index contributed by atoms with van der Waals surface area (Å²) in [5.74, 6) is -1.36. The number of hydrogen-bond acceptors (Lipinski definition) is 7. The summed E-state index contributed by atoms with van der Waals surface area (Å²) in [6.45, 7) is 3.74. The number of aromatic nitrogens is 1. The van der Waals surface area contributed by atoms with Crippen LogP contribution in [0.4, 0.5) is 0 Å². The molecule has 1 heterocycles. The van der Waals surface area contributed by atoms with Crippen molar-refractivity contribution >= 4 is 58.1 Å². The number of nitrogens with one attached hydrogen (secondary N) is 4. The molecule has 216 valence electrons. The second-order valence-corrected chi connectivity index (χ2v) is 11.9. The topological polar surface area (TPSA) is 166 Å². The minimum Gasteiger partial charge on any atom is -0.480 e. The summed E-state index contributed by atoms with van der Waals surface area (Å²) in [5.41, 5.74) is 7.80. The van der Waals surface area contributed by atoms with Gasteiger partial charge in [0.05, 0.1) is 6.04 Å². The largest absolute Gasteiger partial charge is 0.480 e. The molecule has 3 amide bonds. The lowest BCUT2D eigenvalue weighted by Crippen LogP contribution is -2.57. The molecule has 0 bridgehead atoms. The number of benzene rings is 1. The molecule has 2 rings (SSSR count). The van der Waals surface area contributed by atoms with Crippen LogP contribution in [0.15, 0.2) is 30.5 Å². The quantitative estimate of drug-likeness (QED) is 0.166. The van der Waals surface area contributed by atoms with Crippen molar-refractivity contribution in [3.8, 4) is 0 Å². The van der Waals surface area contributed by atoms with Crippen LogP contribution in [0.5, 0.6) is 0 Å². The SMILES string of the molecule is CSCCC(N)C(=O)NC(Cc1c[nH]c2ccccc12)C(=O)NC(CCSC)C(=O)NC(CC(C)C)C(=O)O. The van der Waals surface area contributed by atoms with Gasteiger partial charge in [0, 0.05) is 23.5 Å². The van der Waals surface area contributed by atoms with Crippen molar-refractivity contribution in [2.75, 3.05) is 24.0 Å². The number of rotatable bonds is 17. The number of nitrogens with two attached hydrogens (primary N) is 1. The van der Waals surface area contributed by atoms with Gasteiger partial charge in [0.2, 0.25) is 17.7 Å². The van der Waals surface area contributed by atoms with Crippen LogP contribution >= 0.6 is 23.5 Å². The number of aliphatic carboxylic acids is 1. The number of fused-ring (bicyclic) bond motifs is 1. The number of amides is 3. The van der Waals surface area contributed by atoms with Gasteiger partial charge in [-0.25, -0.2) is 4.79 Å². The summed E-state index contributed by atoms with van der Waals surface area (Å²) in [4.78, 5) is 54.5. The van der Waals surface area contributed by atoms with E-state index in [4.69, 9.17) is 5.73 Å². The number of aromatic amines is 1. The summed E-state index contributed by atoms with van der Waals surface area (Å²) >= 11 is 3.08. The van der Waals surface area contributed by atoms with Gasteiger partial charge in [0.25, 0.3) is 0 Å². The molecule has 1 aromatic heterocycles. The van der Waals surface area contributed by atoms with Gasteiger partial charge in [-0.05, 0) is 60.8 Å². The standard InChI is InChI=1S/C27H41N5O5S2/c1-16(2)13-23(27(36)37)32-25(34)21(10-12-39-4)30-26(35)22(31-24(33)19(28)9-11-38-3)14-17-15-29-20-8-6-5-7-18(17)20/h5-8,15-16,19,21-23,29H,9-14,28H2,1-4H3,(H,30,35)(H,31,33)(H,32,34)(H,36,37). The molecule has 10 nitrogen and oxygen atoms in total. The first-order chi connectivity index (χ1) is 18.6. The highest BCUT2D eigenvalue weighted by atomic mass is 32.2. The molecule has 7 N–H and O–H groups in total. The van der Waals surface area contributed by atoms with E-state index >= 15 is 0 Å². The van der Waals surface area contributed by atoms with Crippen LogP contribution in [0.25, 0.3) is 10.9 Å². The Balaban J connectivity index is 2.27. The van der Waals surface area contributed by atoms with Crippen LogP contribution in [0.2, 0.25) is 0 Å². The van der Waals surface area contributed by atoms with E-state index in [-0.39, 0.29) is 18.8 Å². The third kappa shape index (κ3) is 10.4. The average Bonchev–Trinajstić information content (AvgIpc) is 3.30. The Morgan fingerprint density at radius 3 is 2.13 bits per heavy atom. The van der Waals surface area contributed by atoms with Gasteiger partial charge in [-0.15, -0.1) is 0 Å². The van der Waals surface area contributed by atoms with Crippen molar-refractivity contribution in [3.63, 3.8) is 0 Å². The van der Waals surface area contributed by atoms with Crippen LogP contribution in [-0.2, 0) is 25.6 Å². The van der Waals surface area contributed by atoms with E-state index in [1.165, 1.54) is 11.8 Å². The second kappa shape index (κ2) is 16.4. The van der Waals surface area contributed by atoms with Gasteiger partial charge in [-0.3, -0.25) is 14.4 Å². The van der Waals surface area contributed by atoms with Crippen molar-refractivity contribution in [2.45, 2.75) is 63.7 Å². The van der Waals surface area contributed by atoms with E-state index in [1.807, 2.05) is 50.6 Å². The van der Waals surface area contributed by atoms with E-state index in [0.717, 1.165) is 16.5 Å². The summed E-state index contributed by atoms with van der Waals surface area (Å²) < 4.78 is 0. The molecule has 4 atom stereocenters. The predicted octanol–water partition coefficient (Wildman–Crippen LogP) is 2.13. The third-order valence-electron chi connectivity index (χ3n) is 6.27. The van der Waals surface area contributed by atoms with Gasteiger partial charge in [-0.2, -0.15) is 23.5 Å². The van der Waals surface area contributed by atoms with Crippen LogP contribution in [0, 0.1) is 5.92 Å². The number of H-pyrrole nitrogens is 1. The van der Waals surface area contributed by atoms with Crippen LogP contribution in [-0.4, -0.2) is 82.0 Å². The number of carbonyl (C=O) groups is 4. The fourth-order valence-electron chi connectivity index (χ4n) is 4.13. The smallest absolute Gasteiger partial charge is 0.326 e. The maximum absolute atomic E-state index is 13.6. The maximum Gasteiger partial charge on any atom is 0.326 e. The Bertz CT molecular complexity index is 1110. The molecule has 2 aromatic rings. The first kappa shape index (κ1) is 32.5. The fraction of sp³-hybridized carbons (Fsp3) is 0.556.